The van der Waals surface area contributed by atoms with E-state index in [4.69, 9.17) is 0 Å². The molecule has 0 bridgehead atoms. The van der Waals surface area contributed by atoms with Crippen LogP contribution in [0.15, 0.2) is 89.2 Å². The molecule has 4 rings (SSSR count). The topological polar surface area (TPSA) is 72.2 Å². The molecule has 0 spiro atoms. The fourth-order valence-electron chi connectivity index (χ4n) is 2.80. The lowest BCUT2D eigenvalue weighted by atomic mass is 10.2. The normalized spacial score (nSPS) is 11.7. The molecule has 0 saturated heterocycles. The summed E-state index contributed by atoms with van der Waals surface area (Å²) in [7, 11) is -3.85. The van der Waals surface area contributed by atoms with Crippen LogP contribution in [0.3, 0.4) is 0 Å². The Kier molecular flexibility index (Phi) is 3.54. The first-order chi connectivity index (χ1) is 12.1. The lowest BCUT2D eigenvalue weighted by Crippen LogP contribution is -2.05. The van der Waals surface area contributed by atoms with Crippen molar-refractivity contribution >= 4 is 20.6 Å². The molecule has 0 fully saturated rings. The average molecular weight is 350 g/mol. The molecular weight excluding hydrogens is 336 g/mol. The molecule has 5 nitrogen and oxygen atoms in total. The molecule has 0 aliphatic heterocycles. The Morgan fingerprint density at radius 1 is 0.920 bits per heavy atom. The molecule has 25 heavy (non-hydrogen) atoms. The van der Waals surface area contributed by atoms with Gasteiger partial charge in [0, 0.05) is 30.0 Å². The number of rotatable bonds is 3. The fraction of sp³-hybridized carbons (Fsp3) is 0. The number of fused-ring (bicyclic) bond motifs is 1. The molecule has 0 unspecified atom stereocenters. The number of nitrogens with zero attached hydrogens (tertiary/aromatic N) is 2. The Morgan fingerprint density at radius 2 is 1.68 bits per heavy atom. The van der Waals surface area contributed by atoms with Gasteiger partial charge in [-0.1, -0.05) is 24.3 Å². The molecule has 2 aromatic carbocycles. The van der Waals surface area contributed by atoms with Gasteiger partial charge < -0.3 is 9.67 Å². The summed E-state index contributed by atoms with van der Waals surface area (Å²) in [5, 5.41) is 11.6. The summed E-state index contributed by atoms with van der Waals surface area (Å²) in [6, 6.07) is 16.9. The van der Waals surface area contributed by atoms with E-state index in [9.17, 15) is 13.5 Å². The van der Waals surface area contributed by atoms with Gasteiger partial charge >= 0.3 is 0 Å². The third-order valence-electron chi connectivity index (χ3n) is 4.03. The fourth-order valence-corrected chi connectivity index (χ4v) is 4.21. The average Bonchev–Trinajstić information content (AvgIpc) is 3.15. The summed E-state index contributed by atoms with van der Waals surface area (Å²) in [4.78, 5) is 4.09. The molecule has 0 saturated carbocycles. The maximum Gasteiger partial charge on any atom is 0.224 e. The molecule has 0 atom stereocenters. The van der Waals surface area contributed by atoms with Crippen LogP contribution in [-0.4, -0.2) is 23.1 Å². The van der Waals surface area contributed by atoms with Crippen LogP contribution in [0.2, 0.25) is 0 Å². The quantitative estimate of drug-likeness (QED) is 0.613. The summed E-state index contributed by atoms with van der Waals surface area (Å²) in [5.41, 5.74) is 0.509. The number of benzene rings is 2. The summed E-state index contributed by atoms with van der Waals surface area (Å²) in [6.07, 6.45) is 5.02. The monoisotopic (exact) mass is 350 g/mol. The van der Waals surface area contributed by atoms with Gasteiger partial charge in [-0.15, -0.1) is 0 Å². The van der Waals surface area contributed by atoms with E-state index in [1.165, 1.54) is 18.3 Å². The number of aromatic nitrogens is 2. The van der Waals surface area contributed by atoms with Gasteiger partial charge in [0.1, 0.15) is 5.75 Å². The van der Waals surface area contributed by atoms with Crippen molar-refractivity contribution in [2.75, 3.05) is 0 Å². The van der Waals surface area contributed by atoms with E-state index >= 15 is 0 Å². The zero-order valence-corrected chi connectivity index (χ0v) is 13.9. The van der Waals surface area contributed by atoms with Crippen LogP contribution in [0.1, 0.15) is 0 Å². The van der Waals surface area contributed by atoms with Crippen LogP contribution in [0.5, 0.6) is 5.75 Å². The molecular formula is C19H14N2O3S. The molecule has 6 heteroatoms. The van der Waals surface area contributed by atoms with Crippen molar-refractivity contribution in [1.29, 1.82) is 0 Å². The van der Waals surface area contributed by atoms with Crippen molar-refractivity contribution in [1.82, 2.24) is 9.55 Å². The van der Waals surface area contributed by atoms with Crippen LogP contribution in [0.4, 0.5) is 0 Å². The molecule has 2 aromatic heterocycles. The molecule has 2 heterocycles. The van der Waals surface area contributed by atoms with Crippen LogP contribution in [-0.2, 0) is 9.84 Å². The third kappa shape index (κ3) is 2.56. The largest absolute Gasteiger partial charge is 0.506 e. The minimum atomic E-state index is -3.85. The molecule has 0 aliphatic carbocycles. The number of aromatic hydroxyl groups is 1. The zero-order chi connectivity index (χ0) is 17.4. The molecule has 124 valence electrons. The van der Waals surface area contributed by atoms with E-state index in [2.05, 4.69) is 4.98 Å². The van der Waals surface area contributed by atoms with Crippen molar-refractivity contribution in [3.05, 3.63) is 79.3 Å². The summed E-state index contributed by atoms with van der Waals surface area (Å²) < 4.78 is 27.7. The van der Waals surface area contributed by atoms with Gasteiger partial charge in [0.2, 0.25) is 9.84 Å². The van der Waals surface area contributed by atoms with E-state index in [-0.39, 0.29) is 15.7 Å². The number of phenolic OH excluding ortho intramolecular Hbond substituents is 1. The lowest BCUT2D eigenvalue weighted by molar-refractivity contribution is 0.470. The number of hydrogen-bond acceptors (Lipinski definition) is 4. The van der Waals surface area contributed by atoms with Gasteiger partial charge in [-0.2, -0.15) is 0 Å². The van der Waals surface area contributed by atoms with Crippen molar-refractivity contribution in [2.24, 2.45) is 0 Å². The van der Waals surface area contributed by atoms with Crippen molar-refractivity contribution in [3.8, 4) is 11.4 Å². The minimum absolute atomic E-state index is 0.00441. The Balaban J connectivity index is 1.87. The Bertz CT molecular complexity index is 1160. The van der Waals surface area contributed by atoms with E-state index < -0.39 is 9.84 Å². The van der Waals surface area contributed by atoms with Crippen molar-refractivity contribution in [3.63, 3.8) is 0 Å². The Labute approximate surface area is 144 Å². The number of phenols is 1. The second-order valence-corrected chi connectivity index (χ2v) is 7.45. The van der Waals surface area contributed by atoms with Gasteiger partial charge in [0.25, 0.3) is 0 Å². The first-order valence-electron chi connectivity index (χ1n) is 7.62. The van der Waals surface area contributed by atoms with Gasteiger partial charge in [-0.05, 0) is 35.7 Å². The summed E-state index contributed by atoms with van der Waals surface area (Å²) >= 11 is 0. The van der Waals surface area contributed by atoms with Gasteiger partial charge in [-0.3, -0.25) is 0 Å². The maximum atomic E-state index is 13.0. The Morgan fingerprint density at radius 3 is 2.44 bits per heavy atom. The first kappa shape index (κ1) is 15.4. The van der Waals surface area contributed by atoms with E-state index in [0.29, 0.717) is 11.1 Å². The molecule has 0 amide bonds. The predicted molar refractivity (Wildman–Crippen MR) is 94.6 cm³/mol. The third-order valence-corrected chi connectivity index (χ3v) is 5.74. The second kappa shape index (κ2) is 5.75. The highest BCUT2D eigenvalue weighted by Gasteiger charge is 2.23. The number of hydrogen-bond donors (Lipinski definition) is 1. The standard InChI is InChI=1S/C19H14N2O3S/c22-18-13-15(7-8-17(18)21-11-3-4-12-21)25(23,24)19-16-6-2-1-5-14(16)9-10-20-19/h1-13,22H. The highest BCUT2D eigenvalue weighted by molar-refractivity contribution is 7.91. The van der Waals surface area contributed by atoms with Gasteiger partial charge in [0.05, 0.1) is 10.6 Å². The zero-order valence-electron chi connectivity index (χ0n) is 13.1. The second-order valence-electron chi connectivity index (χ2n) is 5.58. The smallest absolute Gasteiger partial charge is 0.224 e. The highest BCUT2D eigenvalue weighted by atomic mass is 32.2. The van der Waals surface area contributed by atoms with Crippen molar-refractivity contribution < 1.29 is 13.5 Å². The van der Waals surface area contributed by atoms with Crippen LogP contribution in [0.25, 0.3) is 16.5 Å². The summed E-state index contributed by atoms with van der Waals surface area (Å²) in [6.45, 7) is 0. The van der Waals surface area contributed by atoms with Gasteiger partial charge in [0.15, 0.2) is 5.03 Å². The highest BCUT2D eigenvalue weighted by Crippen LogP contribution is 2.30. The molecule has 0 radical (unpaired) electrons. The Hall–Kier alpha value is -3.12. The lowest BCUT2D eigenvalue weighted by Gasteiger charge is -2.10. The van der Waals surface area contributed by atoms with E-state index in [1.54, 1.807) is 41.2 Å². The number of pyridine rings is 1. The van der Waals surface area contributed by atoms with E-state index in [0.717, 1.165) is 5.39 Å². The van der Waals surface area contributed by atoms with Crippen LogP contribution in [0, 0.1) is 0 Å². The molecule has 0 aliphatic rings. The number of sulfone groups is 1. The van der Waals surface area contributed by atoms with E-state index in [1.807, 2.05) is 24.3 Å². The predicted octanol–water partition coefficient (Wildman–Crippen LogP) is 3.56. The van der Waals surface area contributed by atoms with Crippen LogP contribution >= 0.6 is 0 Å². The minimum Gasteiger partial charge on any atom is -0.506 e. The SMILES string of the molecule is O=S(=O)(c1ccc(-n2cccc2)c(O)c1)c1nccc2ccccc12. The maximum absolute atomic E-state index is 13.0. The van der Waals surface area contributed by atoms with Gasteiger partial charge in [-0.25, -0.2) is 13.4 Å². The van der Waals surface area contributed by atoms with Crippen molar-refractivity contribution in [2.45, 2.75) is 9.92 Å². The first-order valence-corrected chi connectivity index (χ1v) is 9.11. The summed E-state index contributed by atoms with van der Waals surface area (Å²) in [5.74, 6) is -0.113. The molecule has 1 N–H and O–H groups in total. The van der Waals surface area contributed by atoms with Crippen LogP contribution < -0.4 is 0 Å². The molecule has 4 aromatic rings.